The molecule has 11 heavy (non-hydrogen) atoms. The van der Waals surface area contributed by atoms with Gasteiger partial charge in [0.15, 0.2) is 0 Å². The van der Waals surface area contributed by atoms with Crippen molar-refractivity contribution in [3.05, 3.63) is 11.6 Å². The largest absolute Gasteiger partial charge is 0.303 e. The lowest BCUT2D eigenvalue weighted by Crippen LogP contribution is -2.12. The Morgan fingerprint density at radius 3 is 2.73 bits per heavy atom. The Labute approximate surface area is 67.5 Å². The van der Waals surface area contributed by atoms with Crippen LogP contribution in [-0.2, 0) is 4.79 Å². The molecular weight excluding hydrogens is 136 g/mol. The minimum absolute atomic E-state index is 0.392. The SMILES string of the molecule is CC=C1C[C@@H]2C[C@H]1CC2C=O. The van der Waals surface area contributed by atoms with E-state index in [1.165, 1.54) is 12.8 Å². The Morgan fingerprint density at radius 2 is 2.27 bits per heavy atom. The molecule has 0 N–H and O–H groups in total. The third kappa shape index (κ3) is 0.943. The fourth-order valence-corrected chi connectivity index (χ4v) is 2.68. The Morgan fingerprint density at radius 1 is 1.45 bits per heavy atom. The summed E-state index contributed by atoms with van der Waals surface area (Å²) in [6, 6.07) is 0. The van der Waals surface area contributed by atoms with Crippen molar-refractivity contribution in [3.63, 3.8) is 0 Å². The van der Waals surface area contributed by atoms with Gasteiger partial charge in [-0.1, -0.05) is 11.6 Å². The van der Waals surface area contributed by atoms with E-state index >= 15 is 0 Å². The van der Waals surface area contributed by atoms with E-state index in [1.807, 2.05) is 0 Å². The molecule has 1 heteroatoms. The molecule has 3 atom stereocenters. The smallest absolute Gasteiger partial charge is 0.123 e. The molecule has 60 valence electrons. The zero-order chi connectivity index (χ0) is 7.84. The third-order valence-electron chi connectivity index (χ3n) is 3.32. The van der Waals surface area contributed by atoms with Gasteiger partial charge in [-0.05, 0) is 38.0 Å². The lowest BCUT2D eigenvalue weighted by atomic mass is 9.87. The lowest BCUT2D eigenvalue weighted by Gasteiger charge is -2.17. The first-order valence-corrected chi connectivity index (χ1v) is 4.45. The molecule has 1 unspecified atom stereocenters. The second-order valence-electron chi connectivity index (χ2n) is 3.80. The number of hydrogen-bond acceptors (Lipinski definition) is 1. The molecule has 1 nitrogen and oxygen atoms in total. The summed E-state index contributed by atoms with van der Waals surface area (Å²) in [5, 5.41) is 0. The monoisotopic (exact) mass is 150 g/mol. The highest BCUT2D eigenvalue weighted by atomic mass is 16.1. The van der Waals surface area contributed by atoms with Crippen LogP contribution in [0.1, 0.15) is 26.2 Å². The molecule has 0 spiro atoms. The summed E-state index contributed by atoms with van der Waals surface area (Å²) in [5.74, 6) is 1.85. The van der Waals surface area contributed by atoms with Crippen LogP contribution < -0.4 is 0 Å². The average molecular weight is 150 g/mol. The first kappa shape index (κ1) is 7.08. The molecule has 0 aromatic heterocycles. The van der Waals surface area contributed by atoms with E-state index in [1.54, 1.807) is 5.57 Å². The summed E-state index contributed by atoms with van der Waals surface area (Å²) in [6.07, 6.45) is 7.02. The highest BCUT2D eigenvalue weighted by Gasteiger charge is 2.41. The summed E-state index contributed by atoms with van der Waals surface area (Å²) in [7, 11) is 0. The van der Waals surface area contributed by atoms with Crippen LogP contribution in [0.3, 0.4) is 0 Å². The first-order chi connectivity index (χ1) is 5.35. The quantitative estimate of drug-likeness (QED) is 0.413. The number of hydrogen-bond donors (Lipinski definition) is 0. The topological polar surface area (TPSA) is 17.1 Å². The number of aldehydes is 1. The molecule has 2 bridgehead atoms. The Kier molecular flexibility index (Phi) is 1.59. The average Bonchev–Trinajstić information content (AvgIpc) is 2.60. The van der Waals surface area contributed by atoms with Gasteiger partial charge in [0.05, 0.1) is 0 Å². The van der Waals surface area contributed by atoms with E-state index < -0.39 is 0 Å². The number of fused-ring (bicyclic) bond motifs is 2. The number of carbonyl (C=O) groups is 1. The zero-order valence-corrected chi connectivity index (χ0v) is 6.92. The number of allylic oxidation sites excluding steroid dienone is 2. The molecule has 2 fully saturated rings. The second kappa shape index (κ2) is 2.47. The van der Waals surface area contributed by atoms with Crippen LogP contribution in [0.25, 0.3) is 0 Å². The summed E-state index contributed by atoms with van der Waals surface area (Å²) in [6.45, 7) is 2.12. The van der Waals surface area contributed by atoms with Gasteiger partial charge in [0.2, 0.25) is 0 Å². The molecule has 2 aliphatic rings. The van der Waals surface area contributed by atoms with Crippen LogP contribution >= 0.6 is 0 Å². The van der Waals surface area contributed by atoms with Crippen LogP contribution in [0.5, 0.6) is 0 Å². The lowest BCUT2D eigenvalue weighted by molar-refractivity contribution is -0.112. The summed E-state index contributed by atoms with van der Waals surface area (Å²) in [4.78, 5) is 10.6. The van der Waals surface area contributed by atoms with Crippen molar-refractivity contribution in [2.45, 2.75) is 26.2 Å². The van der Waals surface area contributed by atoms with Gasteiger partial charge in [-0.25, -0.2) is 0 Å². The minimum Gasteiger partial charge on any atom is -0.303 e. The standard InChI is InChI=1S/C10H14O/c1-2-7-3-9-4-8(7)5-10(9)6-11/h2,6,8-10H,3-5H2,1H3/t8-,9+,10?/m0/s1. The van der Waals surface area contributed by atoms with Crippen molar-refractivity contribution in [3.8, 4) is 0 Å². The highest BCUT2D eigenvalue weighted by molar-refractivity contribution is 5.56. The van der Waals surface area contributed by atoms with Crippen molar-refractivity contribution >= 4 is 6.29 Å². The highest BCUT2D eigenvalue weighted by Crippen LogP contribution is 2.50. The van der Waals surface area contributed by atoms with Gasteiger partial charge in [0, 0.05) is 5.92 Å². The van der Waals surface area contributed by atoms with Crippen LogP contribution in [-0.4, -0.2) is 6.29 Å². The van der Waals surface area contributed by atoms with Gasteiger partial charge >= 0.3 is 0 Å². The molecule has 0 aliphatic heterocycles. The zero-order valence-electron chi connectivity index (χ0n) is 6.92. The van der Waals surface area contributed by atoms with Gasteiger partial charge in [0.1, 0.15) is 6.29 Å². The molecule has 0 radical (unpaired) electrons. The summed E-state index contributed by atoms with van der Waals surface area (Å²) in [5.41, 5.74) is 1.60. The van der Waals surface area contributed by atoms with Crippen molar-refractivity contribution in [2.24, 2.45) is 17.8 Å². The predicted octanol–water partition coefficient (Wildman–Crippen LogP) is 2.18. The van der Waals surface area contributed by atoms with Crippen molar-refractivity contribution in [1.29, 1.82) is 0 Å². The molecule has 0 aromatic rings. The summed E-state index contributed by atoms with van der Waals surface area (Å²) >= 11 is 0. The molecule has 0 amide bonds. The molecule has 0 aromatic carbocycles. The molecular formula is C10H14O. The van der Waals surface area contributed by atoms with Gasteiger partial charge < -0.3 is 4.79 Å². The Balaban J connectivity index is 2.14. The van der Waals surface area contributed by atoms with E-state index in [9.17, 15) is 4.79 Å². The van der Waals surface area contributed by atoms with Gasteiger partial charge in [0.25, 0.3) is 0 Å². The normalized spacial score (nSPS) is 45.2. The van der Waals surface area contributed by atoms with E-state index in [2.05, 4.69) is 13.0 Å². The van der Waals surface area contributed by atoms with E-state index in [0.717, 1.165) is 18.6 Å². The van der Waals surface area contributed by atoms with Crippen LogP contribution in [0.15, 0.2) is 11.6 Å². The van der Waals surface area contributed by atoms with Crippen molar-refractivity contribution < 1.29 is 4.79 Å². The second-order valence-corrected chi connectivity index (χ2v) is 3.80. The van der Waals surface area contributed by atoms with Gasteiger partial charge in [-0.15, -0.1) is 0 Å². The Bertz CT molecular complexity index is 205. The van der Waals surface area contributed by atoms with Crippen LogP contribution in [0.4, 0.5) is 0 Å². The summed E-state index contributed by atoms with van der Waals surface area (Å²) < 4.78 is 0. The van der Waals surface area contributed by atoms with E-state index in [-0.39, 0.29) is 0 Å². The maximum atomic E-state index is 10.6. The van der Waals surface area contributed by atoms with Crippen molar-refractivity contribution in [2.75, 3.05) is 0 Å². The molecule has 2 saturated carbocycles. The van der Waals surface area contributed by atoms with Gasteiger partial charge in [-0.2, -0.15) is 0 Å². The maximum Gasteiger partial charge on any atom is 0.123 e. The first-order valence-electron chi connectivity index (χ1n) is 4.45. The van der Waals surface area contributed by atoms with E-state index in [0.29, 0.717) is 11.8 Å². The minimum atomic E-state index is 0.392. The molecule has 0 heterocycles. The molecule has 2 rings (SSSR count). The number of rotatable bonds is 1. The molecule has 2 aliphatic carbocycles. The number of carbonyl (C=O) groups excluding carboxylic acids is 1. The molecule has 0 saturated heterocycles. The third-order valence-corrected chi connectivity index (χ3v) is 3.32. The predicted molar refractivity (Wildman–Crippen MR) is 44.1 cm³/mol. The van der Waals surface area contributed by atoms with Crippen LogP contribution in [0, 0.1) is 17.8 Å². The van der Waals surface area contributed by atoms with Crippen LogP contribution in [0.2, 0.25) is 0 Å². The Hall–Kier alpha value is -0.590. The van der Waals surface area contributed by atoms with E-state index in [4.69, 9.17) is 0 Å². The maximum absolute atomic E-state index is 10.6. The van der Waals surface area contributed by atoms with Gasteiger partial charge in [-0.3, -0.25) is 0 Å². The fraction of sp³-hybridized carbons (Fsp3) is 0.700. The van der Waals surface area contributed by atoms with Crippen molar-refractivity contribution in [1.82, 2.24) is 0 Å². The fourth-order valence-electron chi connectivity index (χ4n) is 2.68.